The predicted molar refractivity (Wildman–Crippen MR) is 98.6 cm³/mol. The minimum absolute atomic E-state index is 0.131. The fraction of sp³-hybridized carbons (Fsp3) is 0.350. The number of esters is 1. The fourth-order valence-corrected chi connectivity index (χ4v) is 4.55. The molecule has 5 atom stereocenters. The average Bonchev–Trinajstić information content (AvgIpc) is 3.04. The molecule has 10 nitrogen and oxygen atoms in total. The molecule has 0 radical (unpaired) electrons. The van der Waals surface area contributed by atoms with E-state index in [4.69, 9.17) is 4.74 Å². The number of benzene rings is 1. The molecule has 30 heavy (non-hydrogen) atoms. The minimum atomic E-state index is -2.04. The molecule has 1 aromatic rings. The van der Waals surface area contributed by atoms with Gasteiger partial charge in [0.25, 0.3) is 0 Å². The monoisotopic (exact) mass is 413 g/mol. The van der Waals surface area contributed by atoms with E-state index >= 15 is 0 Å². The van der Waals surface area contributed by atoms with E-state index in [2.05, 4.69) is 5.11 Å². The van der Waals surface area contributed by atoms with Crippen LogP contribution in [0.3, 0.4) is 0 Å². The highest BCUT2D eigenvalue weighted by atomic mass is 16.6. The van der Waals surface area contributed by atoms with Crippen LogP contribution in [0.4, 0.5) is 0 Å². The number of ketones is 2. The van der Waals surface area contributed by atoms with Crippen LogP contribution in [0.2, 0.25) is 0 Å². The first-order valence-corrected chi connectivity index (χ1v) is 9.04. The Morgan fingerprint density at radius 1 is 1.17 bits per heavy atom. The first-order chi connectivity index (χ1) is 14.1. The van der Waals surface area contributed by atoms with E-state index in [1.54, 1.807) is 0 Å². The molecule has 4 rings (SSSR count). The van der Waals surface area contributed by atoms with E-state index in [1.165, 1.54) is 25.1 Å². The van der Waals surface area contributed by atoms with Crippen molar-refractivity contribution in [1.82, 2.24) is 0 Å². The van der Waals surface area contributed by atoms with Crippen molar-refractivity contribution >= 4 is 17.5 Å². The van der Waals surface area contributed by atoms with Crippen LogP contribution < -0.4 is 0 Å². The molecular weight excluding hydrogens is 396 g/mol. The summed E-state index contributed by atoms with van der Waals surface area (Å²) < 4.78 is 5.08. The summed E-state index contributed by atoms with van der Waals surface area (Å²) in [7, 11) is 0. The Labute approximate surface area is 169 Å². The molecule has 156 valence electrons. The zero-order valence-electron chi connectivity index (χ0n) is 15.9. The molecule has 4 N–H and O–H groups in total. The molecule has 0 amide bonds. The lowest BCUT2D eigenvalue weighted by Crippen LogP contribution is -2.62. The van der Waals surface area contributed by atoms with Gasteiger partial charge in [0.1, 0.15) is 24.1 Å². The highest BCUT2D eigenvalue weighted by Gasteiger charge is 2.60. The van der Waals surface area contributed by atoms with E-state index in [0.29, 0.717) is 0 Å². The van der Waals surface area contributed by atoms with Gasteiger partial charge in [0.15, 0.2) is 17.2 Å². The summed E-state index contributed by atoms with van der Waals surface area (Å²) in [6, 6.07) is 2.33. The molecule has 0 saturated heterocycles. The van der Waals surface area contributed by atoms with E-state index in [1.807, 2.05) is 0 Å². The quantitative estimate of drug-likeness (QED) is 0.392. The molecule has 0 bridgehead atoms. The van der Waals surface area contributed by atoms with Crippen molar-refractivity contribution in [2.75, 3.05) is 0 Å². The number of carbonyl (C=O) groups is 3. The maximum atomic E-state index is 13.2. The minimum Gasteiger partial charge on any atom is -0.711 e. The van der Waals surface area contributed by atoms with Crippen molar-refractivity contribution in [1.29, 1.82) is 0 Å². The Balaban J connectivity index is 1.96. The first-order valence-electron chi connectivity index (χ1n) is 9.04. The van der Waals surface area contributed by atoms with Gasteiger partial charge in [-0.3, -0.25) is 14.4 Å². The summed E-state index contributed by atoms with van der Waals surface area (Å²) in [6.07, 6.45) is -5.49. The predicted octanol–water partition coefficient (Wildman–Crippen LogP) is 0.186. The smallest absolute Gasteiger partial charge is 0.303 e. The summed E-state index contributed by atoms with van der Waals surface area (Å²) in [5, 5.41) is 45.6. The Kier molecular flexibility index (Phi) is 4.28. The third-order valence-electron chi connectivity index (χ3n) is 5.90. The number of hydrogen-bond acceptors (Lipinski definition) is 9. The lowest BCUT2D eigenvalue weighted by atomic mass is 9.73. The number of Topliss-reactive ketones (excluding diaryl/α,β-unsaturated/α-hetero) is 2. The van der Waals surface area contributed by atoms with Crippen LogP contribution in [0.1, 0.15) is 34.6 Å². The lowest BCUT2D eigenvalue weighted by molar-refractivity contribution is -0.199. The highest BCUT2D eigenvalue weighted by molar-refractivity contribution is 6.31. The Morgan fingerprint density at radius 3 is 2.43 bits per heavy atom. The number of aromatic hydroxyl groups is 1. The number of phenolic OH excluding ortho intramolecular Hbond substituents is 1. The molecule has 0 spiro atoms. The van der Waals surface area contributed by atoms with Crippen molar-refractivity contribution in [2.45, 2.75) is 43.8 Å². The third-order valence-corrected chi connectivity index (χ3v) is 5.90. The molecular formula is C20H17N2O8-. The number of aliphatic hydroxyl groups is 3. The number of nitrogens with zero attached hydrogens (tertiary/aromatic N) is 2. The molecule has 3 aliphatic rings. The van der Waals surface area contributed by atoms with E-state index in [0.717, 1.165) is 6.92 Å². The normalized spacial score (nSPS) is 32.6. The number of rotatable bonds is 2. The van der Waals surface area contributed by atoms with E-state index in [-0.39, 0.29) is 33.4 Å². The SMILES string of the molecule is CC(=O)O[C@]1(C)[C@H](O)C2=C(C3=C(C(=O)c4c(O)cccc4C3=O)C2N=[N-])[C@H](O)[C@H]1O. The van der Waals surface area contributed by atoms with Crippen LogP contribution in [-0.4, -0.2) is 67.9 Å². The van der Waals surface area contributed by atoms with Gasteiger partial charge in [-0.2, -0.15) is 0 Å². The van der Waals surface area contributed by atoms with Gasteiger partial charge < -0.3 is 35.8 Å². The standard InChI is InChI=1S/C20H17N2O8/c1-6(23)30-20(2)18(28)13-11(17(27)19(20)29)10-12(14(13)22-21)16(26)9-7(15(10)25)4-3-5-8(9)24/h3-5,14,17-19,24,27-29H,1-2H3/q-1/t14?,17-,18+,19+,20+/m0/s1. The zero-order valence-corrected chi connectivity index (χ0v) is 15.9. The maximum Gasteiger partial charge on any atom is 0.303 e. The maximum absolute atomic E-state index is 13.2. The molecule has 0 aliphatic heterocycles. The summed E-state index contributed by atoms with van der Waals surface area (Å²) in [5.74, 6) is -2.88. The van der Waals surface area contributed by atoms with Crippen LogP contribution in [0, 0.1) is 0 Å². The average molecular weight is 413 g/mol. The van der Waals surface area contributed by atoms with Gasteiger partial charge in [-0.05, 0) is 24.1 Å². The van der Waals surface area contributed by atoms with Gasteiger partial charge in [-0.15, -0.1) is 0 Å². The molecule has 0 heterocycles. The van der Waals surface area contributed by atoms with Crippen molar-refractivity contribution in [2.24, 2.45) is 5.11 Å². The third kappa shape index (κ3) is 2.32. The van der Waals surface area contributed by atoms with E-state index in [9.17, 15) is 40.3 Å². The Hall–Kier alpha value is -3.21. The van der Waals surface area contributed by atoms with Gasteiger partial charge in [0.2, 0.25) is 0 Å². The van der Waals surface area contributed by atoms with Crippen LogP contribution in [0.15, 0.2) is 45.6 Å². The molecule has 3 aliphatic carbocycles. The van der Waals surface area contributed by atoms with Crippen LogP contribution in [-0.2, 0) is 9.53 Å². The van der Waals surface area contributed by atoms with Crippen molar-refractivity contribution in [3.8, 4) is 5.75 Å². The largest absolute Gasteiger partial charge is 0.711 e. The molecule has 1 aromatic carbocycles. The van der Waals surface area contributed by atoms with Crippen LogP contribution >= 0.6 is 0 Å². The van der Waals surface area contributed by atoms with Gasteiger partial charge >= 0.3 is 5.97 Å². The van der Waals surface area contributed by atoms with Crippen molar-refractivity contribution in [3.05, 3.63) is 57.1 Å². The van der Waals surface area contributed by atoms with Crippen LogP contribution in [0.5, 0.6) is 5.75 Å². The van der Waals surface area contributed by atoms with Crippen molar-refractivity contribution in [3.63, 3.8) is 0 Å². The molecule has 1 unspecified atom stereocenters. The summed E-state index contributed by atoms with van der Waals surface area (Å²) in [6.45, 7) is 2.21. The fourth-order valence-electron chi connectivity index (χ4n) is 4.55. The lowest BCUT2D eigenvalue weighted by Gasteiger charge is -2.45. The topological polar surface area (TPSA) is 176 Å². The Bertz CT molecular complexity index is 1100. The molecule has 0 saturated carbocycles. The summed E-state index contributed by atoms with van der Waals surface area (Å²) >= 11 is 0. The number of aliphatic hydroxyl groups excluding tert-OH is 3. The summed E-state index contributed by atoms with van der Waals surface area (Å²) in [5.41, 5.74) is 6.04. The molecule has 0 fully saturated rings. The van der Waals surface area contributed by atoms with E-state index < -0.39 is 53.2 Å². The number of fused-ring (bicyclic) bond motifs is 2. The van der Waals surface area contributed by atoms with Crippen molar-refractivity contribution < 1.29 is 39.5 Å². The number of ether oxygens (including phenoxy) is 1. The second-order valence-corrected chi connectivity index (χ2v) is 7.60. The summed E-state index contributed by atoms with van der Waals surface area (Å²) in [4.78, 5) is 37.8. The zero-order chi connectivity index (χ0) is 22.1. The second kappa shape index (κ2) is 6.39. The number of hydrogen-bond donors (Lipinski definition) is 4. The first kappa shape index (κ1) is 20.1. The van der Waals surface area contributed by atoms with Gasteiger partial charge in [-0.25, -0.2) is 0 Å². The number of phenols is 1. The Morgan fingerprint density at radius 2 is 1.83 bits per heavy atom. The van der Waals surface area contributed by atoms with Gasteiger partial charge in [0.05, 0.1) is 11.6 Å². The van der Waals surface area contributed by atoms with Gasteiger partial charge in [-0.1, -0.05) is 12.1 Å². The molecule has 0 aromatic heterocycles. The van der Waals surface area contributed by atoms with Crippen LogP contribution in [0.25, 0.3) is 5.53 Å². The van der Waals surface area contributed by atoms with Gasteiger partial charge in [0, 0.05) is 23.6 Å². The number of carbonyl (C=O) groups excluding carboxylic acids is 3. The highest BCUT2D eigenvalue weighted by Crippen LogP contribution is 2.51. The molecule has 10 heteroatoms. The second-order valence-electron chi connectivity index (χ2n) is 7.60.